The largest absolute Gasteiger partial charge is 0.872 e. The molecule has 180 valence electrons. The monoisotopic (exact) mass is 466 g/mol. The fraction of sp³-hybridized carbons (Fsp3) is 0.385. The minimum Gasteiger partial charge on any atom is -0.872 e. The van der Waals surface area contributed by atoms with Crippen LogP contribution in [0.1, 0.15) is 23.6 Å². The van der Waals surface area contributed by atoms with Gasteiger partial charge in [-0.05, 0) is 23.8 Å². The number of amides is 1. The van der Waals surface area contributed by atoms with Crippen molar-refractivity contribution in [3.63, 3.8) is 0 Å². The van der Waals surface area contributed by atoms with E-state index < -0.39 is 23.5 Å². The molecule has 0 aliphatic carbocycles. The van der Waals surface area contributed by atoms with Crippen LogP contribution in [0, 0.1) is 0 Å². The molecule has 2 aromatic rings. The summed E-state index contributed by atoms with van der Waals surface area (Å²) >= 11 is 0. The van der Waals surface area contributed by atoms with Crippen LogP contribution in [0.5, 0.6) is 11.5 Å². The maximum absolute atomic E-state index is 13.5. The molecule has 0 radical (unpaired) electrons. The van der Waals surface area contributed by atoms with E-state index in [0.717, 1.165) is 32.8 Å². The quantitative estimate of drug-likeness (QED) is 0.340. The summed E-state index contributed by atoms with van der Waals surface area (Å²) < 4.78 is 16.4. The Hall–Kier alpha value is -3.36. The van der Waals surface area contributed by atoms with Crippen molar-refractivity contribution in [1.82, 2.24) is 4.90 Å². The van der Waals surface area contributed by atoms with Gasteiger partial charge in [0, 0.05) is 24.1 Å². The lowest BCUT2D eigenvalue weighted by molar-refractivity contribution is -0.908. The van der Waals surface area contributed by atoms with Gasteiger partial charge in [-0.1, -0.05) is 36.1 Å². The van der Waals surface area contributed by atoms with Gasteiger partial charge in [0.15, 0.2) is 0 Å². The number of nitrogens with zero attached hydrogens (tertiary/aromatic N) is 1. The molecule has 0 spiro atoms. The number of ether oxygens (including phenoxy) is 3. The molecule has 1 unspecified atom stereocenters. The fourth-order valence-corrected chi connectivity index (χ4v) is 4.63. The van der Waals surface area contributed by atoms with Gasteiger partial charge >= 0.3 is 0 Å². The van der Waals surface area contributed by atoms with Gasteiger partial charge in [-0.15, -0.1) is 0 Å². The molecule has 8 heteroatoms. The molecule has 4 rings (SSSR count). The van der Waals surface area contributed by atoms with Crippen LogP contribution in [0.3, 0.4) is 0 Å². The summed E-state index contributed by atoms with van der Waals surface area (Å²) in [6, 6.07) is 12.9. The van der Waals surface area contributed by atoms with Crippen molar-refractivity contribution in [3.8, 4) is 11.5 Å². The van der Waals surface area contributed by atoms with E-state index in [1.807, 2.05) is 0 Å². The van der Waals surface area contributed by atoms with Crippen molar-refractivity contribution in [2.24, 2.45) is 0 Å². The van der Waals surface area contributed by atoms with Crippen molar-refractivity contribution in [2.75, 3.05) is 53.6 Å². The maximum Gasteiger partial charge on any atom is 0.295 e. The third-order valence-corrected chi connectivity index (χ3v) is 6.43. The Kier molecular flexibility index (Phi) is 7.49. The van der Waals surface area contributed by atoms with Gasteiger partial charge in [-0.25, -0.2) is 0 Å². The van der Waals surface area contributed by atoms with E-state index in [2.05, 4.69) is 0 Å². The zero-order valence-electron chi connectivity index (χ0n) is 19.5. The number of morpholine rings is 1. The van der Waals surface area contributed by atoms with Crippen molar-refractivity contribution in [2.45, 2.75) is 12.5 Å². The van der Waals surface area contributed by atoms with E-state index in [1.54, 1.807) is 55.6 Å². The molecule has 2 saturated heterocycles. The number of rotatable bonds is 8. The predicted molar refractivity (Wildman–Crippen MR) is 123 cm³/mol. The summed E-state index contributed by atoms with van der Waals surface area (Å²) in [5.41, 5.74) is 0.866. The number of nitrogens with one attached hydrogen (secondary N) is 1. The van der Waals surface area contributed by atoms with Crippen LogP contribution in [0.4, 0.5) is 0 Å². The third-order valence-electron chi connectivity index (χ3n) is 6.43. The number of Topliss-reactive ketones (excluding diaryl/α,β-unsaturated/α-hetero) is 1. The Morgan fingerprint density at radius 3 is 2.50 bits per heavy atom. The normalized spacial score (nSPS) is 20.5. The van der Waals surface area contributed by atoms with Crippen LogP contribution in [-0.2, 0) is 14.3 Å². The zero-order valence-corrected chi connectivity index (χ0v) is 19.5. The summed E-state index contributed by atoms with van der Waals surface area (Å²) in [5, 5.41) is 13.5. The lowest BCUT2D eigenvalue weighted by Gasteiger charge is -2.29. The first-order valence-corrected chi connectivity index (χ1v) is 11.5. The zero-order chi connectivity index (χ0) is 24.1. The van der Waals surface area contributed by atoms with Crippen molar-refractivity contribution >= 4 is 17.4 Å². The Morgan fingerprint density at radius 2 is 1.82 bits per heavy atom. The average Bonchev–Trinajstić information content (AvgIpc) is 3.14. The van der Waals surface area contributed by atoms with Crippen LogP contribution < -0.4 is 19.5 Å². The van der Waals surface area contributed by atoms with Gasteiger partial charge in [0.25, 0.3) is 5.91 Å². The van der Waals surface area contributed by atoms with Crippen molar-refractivity contribution in [3.05, 3.63) is 65.2 Å². The number of carbonyl (C=O) groups is 2. The van der Waals surface area contributed by atoms with Crippen LogP contribution in [-0.4, -0.2) is 70.2 Å². The second-order valence-corrected chi connectivity index (χ2v) is 8.41. The standard InChI is InChI=1S/C26H30N2O6/c1-32-19-9-10-21(33-2)20(17-19)23-22(24(29)18-7-4-3-5-8-18)25(30)26(31)28(23)12-6-11-27-13-15-34-16-14-27/h3-5,7-10,17,23,29H,6,11-16H2,1-2H3/b24-22+. The smallest absolute Gasteiger partial charge is 0.295 e. The second-order valence-electron chi connectivity index (χ2n) is 8.41. The Morgan fingerprint density at radius 1 is 1.09 bits per heavy atom. The summed E-state index contributed by atoms with van der Waals surface area (Å²) in [6.45, 7) is 4.50. The van der Waals surface area contributed by atoms with E-state index in [0.29, 0.717) is 35.6 Å². The first-order valence-electron chi connectivity index (χ1n) is 11.5. The summed E-state index contributed by atoms with van der Waals surface area (Å²) in [5.74, 6) is -0.842. The molecule has 2 heterocycles. The molecule has 34 heavy (non-hydrogen) atoms. The van der Waals surface area contributed by atoms with Crippen molar-refractivity contribution < 1.29 is 33.8 Å². The summed E-state index contributed by atoms with van der Waals surface area (Å²) in [4.78, 5) is 29.3. The van der Waals surface area contributed by atoms with E-state index in [1.165, 1.54) is 16.9 Å². The molecule has 1 amide bonds. The maximum atomic E-state index is 13.5. The topological polar surface area (TPSA) is 92.6 Å². The highest BCUT2D eigenvalue weighted by atomic mass is 16.5. The first-order chi connectivity index (χ1) is 16.5. The van der Waals surface area contributed by atoms with E-state index in [4.69, 9.17) is 14.2 Å². The van der Waals surface area contributed by atoms with Gasteiger partial charge in [0.05, 0.1) is 40.0 Å². The minimum absolute atomic E-state index is 0.0542. The lowest BCUT2D eigenvalue weighted by atomic mass is 9.94. The molecule has 2 fully saturated rings. The molecule has 2 aromatic carbocycles. The Labute approximate surface area is 199 Å². The number of quaternary nitrogens is 1. The molecule has 0 bridgehead atoms. The molecule has 1 atom stereocenters. The average molecular weight is 467 g/mol. The number of likely N-dealkylation sites (tertiary alicyclic amines) is 1. The van der Waals surface area contributed by atoms with Crippen molar-refractivity contribution in [1.29, 1.82) is 0 Å². The molecule has 0 aromatic heterocycles. The molecule has 2 aliphatic rings. The number of hydrogen-bond donors (Lipinski definition) is 1. The molecule has 1 N–H and O–H groups in total. The highest BCUT2D eigenvalue weighted by Gasteiger charge is 2.45. The Balaban J connectivity index is 1.74. The van der Waals surface area contributed by atoms with Gasteiger partial charge in [-0.2, -0.15) is 0 Å². The van der Waals surface area contributed by atoms with Crippen LogP contribution in [0.15, 0.2) is 54.1 Å². The molecular weight excluding hydrogens is 436 g/mol. The number of hydrogen-bond acceptors (Lipinski definition) is 6. The Bertz CT molecular complexity index is 1060. The van der Waals surface area contributed by atoms with Crippen LogP contribution >= 0.6 is 0 Å². The molecular formula is C26H30N2O6. The highest BCUT2D eigenvalue weighted by molar-refractivity contribution is 6.46. The second kappa shape index (κ2) is 10.7. The molecule has 0 saturated carbocycles. The molecule has 8 nitrogen and oxygen atoms in total. The van der Waals surface area contributed by atoms with Gasteiger partial charge in [0.1, 0.15) is 24.6 Å². The van der Waals surface area contributed by atoms with E-state index >= 15 is 0 Å². The third kappa shape index (κ3) is 4.78. The van der Waals surface area contributed by atoms with E-state index in [9.17, 15) is 14.7 Å². The highest BCUT2D eigenvalue weighted by Crippen LogP contribution is 2.43. The SMILES string of the molecule is COc1ccc(OC)c(C2/C(=C(\[O-])c3ccccc3)C(=O)C(=O)N2CCC[NH+]2CCOCC2)c1. The van der Waals surface area contributed by atoms with Crippen LogP contribution in [0.25, 0.3) is 5.76 Å². The number of ketones is 1. The minimum atomic E-state index is -0.850. The number of carbonyl (C=O) groups excluding carboxylic acids is 2. The number of methoxy groups -OCH3 is 2. The lowest BCUT2D eigenvalue weighted by Crippen LogP contribution is -3.14. The van der Waals surface area contributed by atoms with Gasteiger partial charge in [-0.3, -0.25) is 9.59 Å². The number of benzene rings is 2. The fourth-order valence-electron chi connectivity index (χ4n) is 4.63. The van der Waals surface area contributed by atoms with Gasteiger partial charge in [0.2, 0.25) is 5.78 Å². The first kappa shape index (κ1) is 23.8. The van der Waals surface area contributed by atoms with Gasteiger partial charge < -0.3 is 29.1 Å². The molecule has 2 aliphatic heterocycles. The summed E-state index contributed by atoms with van der Waals surface area (Å²) in [6.07, 6.45) is 0.698. The predicted octanol–water partition coefficient (Wildman–Crippen LogP) is 0.233. The van der Waals surface area contributed by atoms with E-state index in [-0.39, 0.29) is 5.57 Å². The van der Waals surface area contributed by atoms with Crippen LogP contribution in [0.2, 0.25) is 0 Å². The summed E-state index contributed by atoms with van der Waals surface area (Å²) in [7, 11) is 3.06.